The zero-order chi connectivity index (χ0) is 47.6. The number of aldehydes is 1. The van der Waals surface area contributed by atoms with E-state index in [4.69, 9.17) is 0 Å². The summed E-state index contributed by atoms with van der Waals surface area (Å²) >= 11 is 2.13. The van der Waals surface area contributed by atoms with Crippen LogP contribution >= 0.6 is 22.7 Å². The summed E-state index contributed by atoms with van der Waals surface area (Å²) < 4.78 is 164. The van der Waals surface area contributed by atoms with Crippen molar-refractivity contribution in [3.8, 4) is 0 Å². The van der Waals surface area contributed by atoms with Gasteiger partial charge in [-0.3, -0.25) is 13.4 Å². The Morgan fingerprint density at radius 3 is 1.36 bits per heavy atom. The number of alkyl halides is 6. The molecule has 2 heterocycles. The van der Waals surface area contributed by atoms with Crippen LogP contribution in [0.15, 0.2) is 155 Å². The number of rotatable bonds is 12. The van der Waals surface area contributed by atoms with Gasteiger partial charge in [-0.05, 0) is 71.8 Å². The normalized spacial score (nSPS) is 12.2. The Hall–Kier alpha value is -6.19. The van der Waals surface area contributed by atoms with Gasteiger partial charge in [0, 0.05) is 25.7 Å². The van der Waals surface area contributed by atoms with Crippen molar-refractivity contribution >= 4 is 79.2 Å². The lowest BCUT2D eigenvalue weighted by Gasteiger charge is -2.25. The maximum Gasteiger partial charge on any atom is 0.419 e. The molecule has 0 amide bonds. The number of carbonyl (C=O) groups is 1. The molecule has 0 saturated heterocycles. The molecule has 8 rings (SSSR count). The van der Waals surface area contributed by atoms with Crippen LogP contribution in [0.25, 0.3) is 20.2 Å². The minimum absolute atomic E-state index is 0.0513. The van der Waals surface area contributed by atoms with E-state index in [9.17, 15) is 61.9 Å². The maximum atomic E-state index is 13.8. The summed E-state index contributed by atoms with van der Waals surface area (Å²) in [5, 5.41) is 11.4. The summed E-state index contributed by atoms with van der Waals surface area (Å²) in [5.74, 6) is -2.90. The number of carbonyl (C=O) groups excluding carboxylic acids is 1. The van der Waals surface area contributed by atoms with E-state index >= 15 is 0 Å². The van der Waals surface area contributed by atoms with Gasteiger partial charge < -0.3 is 5.11 Å². The molecule has 20 heteroatoms. The Labute approximate surface area is 380 Å². The fourth-order valence-corrected chi connectivity index (χ4v) is 12.7. The summed E-state index contributed by atoms with van der Waals surface area (Å²) in [6.07, 6.45) is -9.36. The first-order valence-electron chi connectivity index (χ1n) is 19.2. The monoisotopic (exact) mass is 988 g/mol. The molecule has 0 atom stereocenters. The van der Waals surface area contributed by atoms with Gasteiger partial charge in [0.2, 0.25) is 0 Å². The lowest BCUT2D eigenvalue weighted by Crippen LogP contribution is -2.30. The molecule has 0 unspecified atom stereocenters. The molecule has 342 valence electrons. The second-order valence-corrected chi connectivity index (χ2v) is 20.0. The minimum atomic E-state index is -4.95. The van der Waals surface area contributed by atoms with Crippen LogP contribution in [-0.4, -0.2) is 28.2 Å². The quantitative estimate of drug-likeness (QED) is 0.0964. The van der Waals surface area contributed by atoms with Crippen molar-refractivity contribution in [2.24, 2.45) is 0 Å². The minimum Gasteiger partial charge on any atom is -0.392 e. The molecule has 0 radical (unpaired) electrons. The molecule has 0 bridgehead atoms. The van der Waals surface area contributed by atoms with Gasteiger partial charge in [-0.1, -0.05) is 84.9 Å². The first kappa shape index (κ1) is 47.8. The highest BCUT2D eigenvalue weighted by Crippen LogP contribution is 2.43. The Bertz CT molecular complexity index is 3270. The van der Waals surface area contributed by atoms with E-state index in [1.165, 1.54) is 48.5 Å². The molecule has 0 fully saturated rings. The van der Waals surface area contributed by atoms with Crippen molar-refractivity contribution in [1.29, 1.82) is 0 Å². The molecule has 1 N–H and O–H groups in total. The maximum absolute atomic E-state index is 13.8. The van der Waals surface area contributed by atoms with Crippen LogP contribution in [0.4, 0.5) is 45.1 Å². The Kier molecular flexibility index (Phi) is 13.7. The topological polar surface area (TPSA) is 112 Å². The molecular formula is C46H32F8N2O6S4. The van der Waals surface area contributed by atoms with Crippen molar-refractivity contribution in [2.45, 2.75) is 41.8 Å². The standard InChI is InChI=1S/C23H17F4NO3S2.C23H15F4NO3S2/c2*24-20-11-10-15(12-19(20)23(25,26)27)13-28(33(30,31)16-6-2-1-3-7-16)22-18(14-29)17-8-4-5-9-21(17)32-22/h1-12,29H,13-14H2;1-12,14H,13H2. The van der Waals surface area contributed by atoms with Crippen LogP contribution in [0.2, 0.25) is 0 Å². The van der Waals surface area contributed by atoms with E-state index in [-0.39, 0.29) is 36.5 Å². The third-order valence-corrected chi connectivity index (χ3v) is 16.2. The molecule has 66 heavy (non-hydrogen) atoms. The number of aliphatic hydroxyl groups excluding tert-OH is 1. The Morgan fingerprint density at radius 2 is 0.924 bits per heavy atom. The summed E-state index contributed by atoms with van der Waals surface area (Å²) in [6.45, 7) is -1.49. The van der Waals surface area contributed by atoms with Gasteiger partial charge in [-0.15, -0.1) is 22.7 Å². The average Bonchev–Trinajstić information content (AvgIpc) is 3.86. The van der Waals surface area contributed by atoms with E-state index in [2.05, 4.69) is 0 Å². The van der Waals surface area contributed by atoms with Crippen LogP contribution < -0.4 is 8.61 Å². The van der Waals surface area contributed by atoms with E-state index in [0.717, 1.165) is 43.4 Å². The predicted octanol–water partition coefficient (Wildman–Crippen LogP) is 12.2. The van der Waals surface area contributed by atoms with Crippen molar-refractivity contribution in [1.82, 2.24) is 0 Å². The Balaban J connectivity index is 0.000000196. The molecule has 8 aromatic rings. The molecule has 0 aliphatic rings. The van der Waals surface area contributed by atoms with Crippen LogP contribution in [-0.2, 0) is 52.1 Å². The fraction of sp³-hybridized carbons (Fsp3) is 0.109. The van der Waals surface area contributed by atoms with E-state index in [1.807, 2.05) is 0 Å². The molecule has 2 aromatic heterocycles. The van der Waals surface area contributed by atoms with Crippen molar-refractivity contribution in [3.05, 3.63) is 191 Å². The highest BCUT2D eigenvalue weighted by molar-refractivity contribution is 7.93. The molecule has 0 aliphatic carbocycles. The number of aliphatic hydroxyl groups is 1. The number of anilines is 2. The highest BCUT2D eigenvalue weighted by Gasteiger charge is 2.37. The lowest BCUT2D eigenvalue weighted by atomic mass is 10.1. The Morgan fingerprint density at radius 1 is 0.530 bits per heavy atom. The summed E-state index contributed by atoms with van der Waals surface area (Å²) in [4.78, 5) is 11.8. The lowest BCUT2D eigenvalue weighted by molar-refractivity contribution is -0.140. The number of nitrogens with zero attached hydrogens (tertiary/aromatic N) is 2. The smallest absolute Gasteiger partial charge is 0.392 e. The number of fused-ring (bicyclic) bond motifs is 2. The predicted molar refractivity (Wildman–Crippen MR) is 237 cm³/mol. The van der Waals surface area contributed by atoms with Crippen molar-refractivity contribution in [2.75, 3.05) is 8.61 Å². The van der Waals surface area contributed by atoms with Gasteiger partial charge in [-0.25, -0.2) is 25.6 Å². The zero-order valence-corrected chi connectivity index (χ0v) is 36.9. The van der Waals surface area contributed by atoms with Crippen LogP contribution in [0.3, 0.4) is 0 Å². The van der Waals surface area contributed by atoms with Gasteiger partial charge >= 0.3 is 12.4 Å². The third kappa shape index (κ3) is 9.82. The van der Waals surface area contributed by atoms with Gasteiger partial charge in [-0.2, -0.15) is 26.3 Å². The molecule has 0 aliphatic heterocycles. The molecule has 6 aromatic carbocycles. The second-order valence-electron chi connectivity index (χ2n) is 14.2. The number of benzene rings is 6. The van der Waals surface area contributed by atoms with Gasteiger partial charge in [0.25, 0.3) is 20.0 Å². The largest absolute Gasteiger partial charge is 0.419 e. The van der Waals surface area contributed by atoms with E-state index in [0.29, 0.717) is 56.3 Å². The summed E-state index contributed by atoms with van der Waals surface area (Å²) in [6, 6.07) is 33.3. The van der Waals surface area contributed by atoms with Crippen LogP contribution in [0.1, 0.15) is 38.2 Å². The molecule has 0 saturated carbocycles. The van der Waals surface area contributed by atoms with Crippen molar-refractivity contribution < 1.29 is 61.9 Å². The number of sulfonamides is 2. The number of halogens is 8. The van der Waals surface area contributed by atoms with Crippen LogP contribution in [0.5, 0.6) is 0 Å². The summed E-state index contributed by atoms with van der Waals surface area (Å²) in [5.41, 5.74) is -2.66. The van der Waals surface area contributed by atoms with Gasteiger partial charge in [0.15, 0.2) is 6.29 Å². The number of hydrogen-bond donors (Lipinski definition) is 1. The first-order valence-corrected chi connectivity index (χ1v) is 23.7. The highest BCUT2D eigenvalue weighted by atomic mass is 32.2. The summed E-state index contributed by atoms with van der Waals surface area (Å²) in [7, 11) is -8.51. The SMILES string of the molecule is O=Cc1c(N(Cc2ccc(F)c(C(F)(F)F)c2)S(=O)(=O)c2ccccc2)sc2ccccc12.O=S(=O)(c1ccccc1)N(Cc1ccc(F)c(C(F)(F)F)c1)c1sc2ccccc2c1CO. The van der Waals surface area contributed by atoms with E-state index < -0.39 is 74.9 Å². The van der Waals surface area contributed by atoms with Crippen molar-refractivity contribution in [3.63, 3.8) is 0 Å². The molecule has 0 spiro atoms. The molecule has 8 nitrogen and oxygen atoms in total. The van der Waals surface area contributed by atoms with Gasteiger partial charge in [0.1, 0.15) is 21.6 Å². The first-order chi connectivity index (χ1) is 31.2. The average molecular weight is 989 g/mol. The van der Waals surface area contributed by atoms with E-state index in [1.54, 1.807) is 60.7 Å². The molecular weight excluding hydrogens is 957 g/mol. The third-order valence-electron chi connectivity index (χ3n) is 10.0. The zero-order valence-electron chi connectivity index (χ0n) is 33.6. The van der Waals surface area contributed by atoms with Gasteiger partial charge in [0.05, 0.1) is 46.2 Å². The fourth-order valence-electron chi connectivity index (χ4n) is 6.87. The second kappa shape index (κ2) is 19.0. The number of thiophene rings is 2. The number of hydrogen-bond acceptors (Lipinski definition) is 8. The van der Waals surface area contributed by atoms with Crippen LogP contribution in [0, 0.1) is 11.6 Å².